The molecule has 0 saturated carbocycles. The number of hydrogen-bond acceptors (Lipinski definition) is 1. The van der Waals surface area contributed by atoms with Gasteiger partial charge in [0.05, 0.1) is 0 Å². The summed E-state index contributed by atoms with van der Waals surface area (Å²) in [5.74, 6) is 0.277. The van der Waals surface area contributed by atoms with Gasteiger partial charge in [0, 0.05) is 17.8 Å². The van der Waals surface area contributed by atoms with Gasteiger partial charge in [0.25, 0.3) is 0 Å². The number of rotatable bonds is 5. The fourth-order valence-electron chi connectivity index (χ4n) is 2.67. The second-order valence-electron chi connectivity index (χ2n) is 6.52. The molecule has 0 spiro atoms. The summed E-state index contributed by atoms with van der Waals surface area (Å²) >= 11 is 0. The molecule has 2 rings (SSSR count). The summed E-state index contributed by atoms with van der Waals surface area (Å²) in [6, 6.07) is 12.2. The molecular formula is C20H25FN2O. The van der Waals surface area contributed by atoms with Crippen molar-refractivity contribution in [3.05, 3.63) is 65.0 Å². The minimum absolute atomic E-state index is 0.152. The Balaban J connectivity index is 2.15. The average Bonchev–Trinajstić information content (AvgIpc) is 2.53. The van der Waals surface area contributed by atoms with Crippen LogP contribution in [-0.4, -0.2) is 6.03 Å². The normalized spacial score (nSPS) is 11.0. The average molecular weight is 328 g/mol. The van der Waals surface area contributed by atoms with Gasteiger partial charge < -0.3 is 10.6 Å². The van der Waals surface area contributed by atoms with Crippen LogP contribution in [-0.2, 0) is 6.54 Å². The first-order chi connectivity index (χ1) is 11.4. The zero-order valence-electron chi connectivity index (χ0n) is 14.7. The molecule has 0 saturated heterocycles. The Hall–Kier alpha value is -2.36. The van der Waals surface area contributed by atoms with E-state index in [4.69, 9.17) is 0 Å². The number of benzene rings is 2. The number of hydrogen-bond donors (Lipinski definition) is 2. The number of carbonyl (C=O) groups is 1. The number of amides is 2. The molecule has 2 N–H and O–H groups in total. The highest BCUT2D eigenvalue weighted by atomic mass is 19.1. The molecule has 2 aromatic rings. The minimum Gasteiger partial charge on any atom is -0.334 e. The van der Waals surface area contributed by atoms with Crippen molar-refractivity contribution in [1.82, 2.24) is 5.32 Å². The van der Waals surface area contributed by atoms with Gasteiger partial charge in [-0.3, -0.25) is 0 Å². The van der Waals surface area contributed by atoms with Crippen LogP contribution in [0, 0.1) is 5.82 Å². The number of nitrogens with one attached hydrogen (secondary N) is 2. The van der Waals surface area contributed by atoms with Crippen molar-refractivity contribution < 1.29 is 9.18 Å². The zero-order chi connectivity index (χ0) is 17.7. The zero-order valence-corrected chi connectivity index (χ0v) is 14.7. The maximum atomic E-state index is 13.6. The van der Waals surface area contributed by atoms with Gasteiger partial charge in [-0.05, 0) is 29.0 Å². The van der Waals surface area contributed by atoms with Crippen LogP contribution in [0.4, 0.5) is 14.9 Å². The van der Waals surface area contributed by atoms with E-state index in [0.29, 0.717) is 17.4 Å². The van der Waals surface area contributed by atoms with Gasteiger partial charge in [-0.1, -0.05) is 64.1 Å². The van der Waals surface area contributed by atoms with Gasteiger partial charge in [0.1, 0.15) is 5.82 Å². The molecule has 0 bridgehead atoms. The van der Waals surface area contributed by atoms with Crippen molar-refractivity contribution in [2.24, 2.45) is 0 Å². The predicted octanol–water partition coefficient (Wildman–Crippen LogP) is 5.39. The number of halogens is 1. The first-order valence-corrected chi connectivity index (χ1v) is 8.31. The van der Waals surface area contributed by atoms with E-state index in [0.717, 1.165) is 16.8 Å². The summed E-state index contributed by atoms with van der Waals surface area (Å²) in [5, 5.41) is 5.69. The molecule has 3 nitrogen and oxygen atoms in total. The molecule has 0 unspecified atom stereocenters. The lowest BCUT2D eigenvalue weighted by molar-refractivity contribution is 0.251. The maximum absolute atomic E-state index is 13.6. The fourth-order valence-corrected chi connectivity index (χ4v) is 2.67. The van der Waals surface area contributed by atoms with Gasteiger partial charge in [-0.15, -0.1) is 0 Å². The van der Waals surface area contributed by atoms with E-state index in [-0.39, 0.29) is 18.4 Å². The molecule has 0 fully saturated rings. The van der Waals surface area contributed by atoms with E-state index < -0.39 is 0 Å². The molecule has 2 aromatic carbocycles. The summed E-state index contributed by atoms with van der Waals surface area (Å²) in [4.78, 5) is 12.3. The molecule has 0 heterocycles. The number of anilines is 1. The van der Waals surface area contributed by atoms with Gasteiger partial charge in [-0.2, -0.15) is 0 Å². The summed E-state index contributed by atoms with van der Waals surface area (Å²) in [7, 11) is 0. The summed E-state index contributed by atoms with van der Waals surface area (Å²) < 4.78 is 13.6. The standard InChI is InChI=1S/C20H25FN2O/c1-13(2)16-9-7-10-17(14(3)4)19(16)23-20(24)22-12-15-8-5-6-11-18(15)21/h5-11,13-14H,12H2,1-4H3,(H2,22,23,24). The van der Waals surface area contributed by atoms with Crippen LogP contribution in [0.25, 0.3) is 0 Å². The lowest BCUT2D eigenvalue weighted by atomic mass is 9.93. The summed E-state index contributed by atoms with van der Waals surface area (Å²) in [6.07, 6.45) is 0. The highest BCUT2D eigenvalue weighted by molar-refractivity contribution is 5.91. The fraction of sp³-hybridized carbons (Fsp3) is 0.350. The largest absolute Gasteiger partial charge is 0.334 e. The molecule has 0 aliphatic heterocycles. The summed E-state index contributed by atoms with van der Waals surface area (Å²) in [5.41, 5.74) is 3.52. The highest BCUT2D eigenvalue weighted by Gasteiger charge is 2.16. The van der Waals surface area contributed by atoms with Crippen LogP contribution in [0.2, 0.25) is 0 Å². The third-order valence-corrected chi connectivity index (χ3v) is 4.01. The van der Waals surface area contributed by atoms with Crippen LogP contribution in [0.15, 0.2) is 42.5 Å². The predicted molar refractivity (Wildman–Crippen MR) is 96.9 cm³/mol. The smallest absolute Gasteiger partial charge is 0.319 e. The molecule has 0 atom stereocenters. The van der Waals surface area contributed by atoms with Gasteiger partial charge >= 0.3 is 6.03 Å². The number of para-hydroxylation sites is 1. The van der Waals surface area contributed by atoms with E-state index in [1.165, 1.54) is 6.07 Å². The van der Waals surface area contributed by atoms with Crippen LogP contribution < -0.4 is 10.6 Å². The SMILES string of the molecule is CC(C)c1cccc(C(C)C)c1NC(=O)NCc1ccccc1F. The molecule has 0 radical (unpaired) electrons. The van der Waals surface area contributed by atoms with Gasteiger partial charge in [0.2, 0.25) is 0 Å². The molecule has 128 valence electrons. The first kappa shape index (κ1) is 18.0. The maximum Gasteiger partial charge on any atom is 0.319 e. The van der Waals surface area contributed by atoms with Crippen molar-refractivity contribution in [1.29, 1.82) is 0 Å². The number of urea groups is 1. The Morgan fingerprint density at radius 3 is 2.08 bits per heavy atom. The topological polar surface area (TPSA) is 41.1 Å². The molecule has 2 amide bonds. The van der Waals surface area contributed by atoms with Crippen molar-refractivity contribution in [2.45, 2.75) is 46.1 Å². The van der Waals surface area contributed by atoms with Gasteiger partial charge in [-0.25, -0.2) is 9.18 Å². The van der Waals surface area contributed by atoms with Crippen LogP contribution in [0.1, 0.15) is 56.2 Å². The lowest BCUT2D eigenvalue weighted by Crippen LogP contribution is -2.29. The Morgan fingerprint density at radius 1 is 0.958 bits per heavy atom. The second kappa shape index (κ2) is 7.95. The van der Waals surface area contributed by atoms with E-state index in [2.05, 4.69) is 38.3 Å². The Bertz CT molecular complexity index is 684. The van der Waals surface area contributed by atoms with Crippen molar-refractivity contribution in [2.75, 3.05) is 5.32 Å². The van der Waals surface area contributed by atoms with Crippen molar-refractivity contribution >= 4 is 11.7 Å². The van der Waals surface area contributed by atoms with Crippen molar-refractivity contribution in [3.8, 4) is 0 Å². The van der Waals surface area contributed by atoms with E-state index in [9.17, 15) is 9.18 Å². The monoisotopic (exact) mass is 328 g/mol. The minimum atomic E-state index is -0.326. The molecule has 0 aromatic heterocycles. The Kier molecular flexibility index (Phi) is 5.96. The molecular weight excluding hydrogens is 303 g/mol. The molecule has 0 aliphatic carbocycles. The van der Waals surface area contributed by atoms with Crippen LogP contribution >= 0.6 is 0 Å². The Labute approximate surface area is 143 Å². The van der Waals surface area contributed by atoms with Gasteiger partial charge in [0.15, 0.2) is 0 Å². The van der Waals surface area contributed by atoms with Crippen LogP contribution in [0.3, 0.4) is 0 Å². The van der Waals surface area contributed by atoms with E-state index in [1.807, 2.05) is 18.2 Å². The Morgan fingerprint density at radius 2 is 1.54 bits per heavy atom. The lowest BCUT2D eigenvalue weighted by Gasteiger charge is -2.20. The van der Waals surface area contributed by atoms with E-state index >= 15 is 0 Å². The highest BCUT2D eigenvalue weighted by Crippen LogP contribution is 2.32. The molecule has 4 heteroatoms. The molecule has 24 heavy (non-hydrogen) atoms. The third kappa shape index (κ3) is 4.34. The first-order valence-electron chi connectivity index (χ1n) is 8.31. The second-order valence-corrected chi connectivity index (χ2v) is 6.52. The third-order valence-electron chi connectivity index (χ3n) is 4.01. The quantitative estimate of drug-likeness (QED) is 0.758. The van der Waals surface area contributed by atoms with Crippen molar-refractivity contribution in [3.63, 3.8) is 0 Å². The summed E-state index contributed by atoms with van der Waals surface area (Å²) in [6.45, 7) is 8.55. The molecule has 0 aliphatic rings. The van der Waals surface area contributed by atoms with Crippen LogP contribution in [0.5, 0.6) is 0 Å². The van der Waals surface area contributed by atoms with E-state index in [1.54, 1.807) is 18.2 Å². The number of carbonyl (C=O) groups excluding carboxylic acids is 1.